The highest BCUT2D eigenvalue weighted by molar-refractivity contribution is 6.30. The zero-order chi connectivity index (χ0) is 27.7. The average molecular weight is 553 g/mol. The number of nitrogens with zero attached hydrogens (tertiary/aromatic N) is 5. The van der Waals surface area contributed by atoms with Crippen LogP contribution < -0.4 is 10.1 Å². The molecule has 13 heteroatoms. The first-order valence-corrected chi connectivity index (χ1v) is 12.6. The quantitative estimate of drug-likeness (QED) is 0.358. The molecule has 0 unspecified atom stereocenters. The van der Waals surface area contributed by atoms with Crippen LogP contribution in [0.15, 0.2) is 64.5 Å². The Balaban J connectivity index is 1.70. The molecule has 5 rings (SSSR count). The van der Waals surface area contributed by atoms with Gasteiger partial charge in [-0.2, -0.15) is 0 Å². The summed E-state index contributed by atoms with van der Waals surface area (Å²) >= 11 is 6.14. The lowest BCUT2D eigenvalue weighted by molar-refractivity contribution is -0.384. The van der Waals surface area contributed by atoms with E-state index in [0.29, 0.717) is 29.4 Å². The lowest BCUT2D eigenvalue weighted by Crippen LogP contribution is -2.55. The number of hydrogen-bond acceptors (Lipinski definition) is 8. The minimum absolute atomic E-state index is 0.132. The first-order valence-electron chi connectivity index (χ1n) is 12.2. The van der Waals surface area contributed by atoms with Crippen LogP contribution in [0.4, 0.5) is 10.5 Å². The van der Waals surface area contributed by atoms with Crippen molar-refractivity contribution in [2.45, 2.75) is 32.0 Å². The molecule has 0 spiro atoms. The maximum atomic E-state index is 14.1. The van der Waals surface area contributed by atoms with Crippen molar-refractivity contribution in [1.82, 2.24) is 20.1 Å². The molecule has 1 fully saturated rings. The molecule has 2 atom stereocenters. The van der Waals surface area contributed by atoms with Gasteiger partial charge in [0.25, 0.3) is 5.69 Å². The summed E-state index contributed by atoms with van der Waals surface area (Å²) in [4.78, 5) is 49.2. The van der Waals surface area contributed by atoms with Gasteiger partial charge < -0.3 is 19.4 Å². The standard InChI is InChI=1S/C26H25ClN6O6/c1-15(2)39-20-11-18(33(36)37)7-8-19(20)25-30-23(16-3-5-17(27)6-4-16)24(21-12-28-14-38-21)32(25)26(35)31-10-9-29-22(34)13-31/h3-8,11-12,14-15,23-24H,9-10,13H2,1-2H3,(H,29,34)/t23-,24+/m0/s1. The minimum Gasteiger partial charge on any atom is -0.490 e. The fourth-order valence-electron chi connectivity index (χ4n) is 4.63. The fourth-order valence-corrected chi connectivity index (χ4v) is 4.76. The predicted molar refractivity (Wildman–Crippen MR) is 141 cm³/mol. The zero-order valence-corrected chi connectivity index (χ0v) is 21.9. The number of carbonyl (C=O) groups excluding carboxylic acids is 2. The van der Waals surface area contributed by atoms with E-state index in [1.54, 1.807) is 38.1 Å². The minimum atomic E-state index is -0.775. The summed E-state index contributed by atoms with van der Waals surface area (Å²) in [5.74, 6) is 0.506. The van der Waals surface area contributed by atoms with Crippen LogP contribution in [0.5, 0.6) is 5.75 Å². The lowest BCUT2D eigenvalue weighted by atomic mass is 9.98. The second-order valence-corrected chi connectivity index (χ2v) is 9.76. The first kappa shape index (κ1) is 26.2. The number of carbonyl (C=O) groups is 2. The third-order valence-electron chi connectivity index (χ3n) is 6.32. The summed E-state index contributed by atoms with van der Waals surface area (Å²) in [5.41, 5.74) is 0.961. The van der Waals surface area contributed by atoms with Crippen molar-refractivity contribution < 1.29 is 23.7 Å². The molecule has 12 nitrogen and oxygen atoms in total. The summed E-state index contributed by atoms with van der Waals surface area (Å²) < 4.78 is 11.7. The van der Waals surface area contributed by atoms with Crippen molar-refractivity contribution in [3.63, 3.8) is 0 Å². The van der Waals surface area contributed by atoms with E-state index < -0.39 is 23.0 Å². The number of non-ortho nitro benzene ring substituents is 1. The van der Waals surface area contributed by atoms with Crippen LogP contribution in [0.1, 0.15) is 42.8 Å². The van der Waals surface area contributed by atoms with Crippen molar-refractivity contribution in [1.29, 1.82) is 0 Å². The molecule has 2 aliphatic rings. The van der Waals surface area contributed by atoms with Crippen LogP contribution in [0.2, 0.25) is 5.02 Å². The molecule has 39 heavy (non-hydrogen) atoms. The molecule has 202 valence electrons. The molecule has 2 aliphatic heterocycles. The molecule has 0 radical (unpaired) electrons. The molecule has 0 aliphatic carbocycles. The highest BCUT2D eigenvalue weighted by atomic mass is 35.5. The number of hydrogen-bond donors (Lipinski definition) is 1. The molecule has 3 heterocycles. The van der Waals surface area contributed by atoms with Crippen molar-refractivity contribution >= 4 is 35.1 Å². The van der Waals surface area contributed by atoms with E-state index in [1.165, 1.54) is 40.6 Å². The Labute approximate surface area is 228 Å². The summed E-state index contributed by atoms with van der Waals surface area (Å²) in [6.07, 6.45) is 2.46. The van der Waals surface area contributed by atoms with Crippen LogP contribution in [-0.4, -0.2) is 63.2 Å². The van der Waals surface area contributed by atoms with Crippen LogP contribution in [0.3, 0.4) is 0 Å². The third-order valence-corrected chi connectivity index (χ3v) is 6.57. The molecule has 0 bridgehead atoms. The molecule has 1 aromatic heterocycles. The summed E-state index contributed by atoms with van der Waals surface area (Å²) in [6.45, 7) is 4.05. The summed E-state index contributed by atoms with van der Waals surface area (Å²) in [7, 11) is 0. The number of rotatable bonds is 6. The molecular weight excluding hydrogens is 528 g/mol. The van der Waals surface area contributed by atoms with Gasteiger partial charge >= 0.3 is 6.03 Å². The van der Waals surface area contributed by atoms with Gasteiger partial charge in [-0.15, -0.1) is 0 Å². The number of ether oxygens (including phenoxy) is 1. The van der Waals surface area contributed by atoms with Gasteiger partial charge in [-0.1, -0.05) is 23.7 Å². The molecule has 0 saturated carbocycles. The van der Waals surface area contributed by atoms with E-state index in [9.17, 15) is 19.7 Å². The Bertz CT molecular complexity index is 1430. The normalized spacial score (nSPS) is 19.2. The number of nitrogens with one attached hydrogen (secondary N) is 1. The molecule has 2 aromatic carbocycles. The van der Waals surface area contributed by atoms with Crippen molar-refractivity contribution in [2.24, 2.45) is 4.99 Å². The molecule has 1 saturated heterocycles. The van der Waals surface area contributed by atoms with E-state index in [2.05, 4.69) is 10.3 Å². The smallest absolute Gasteiger partial charge is 0.326 e. The van der Waals surface area contributed by atoms with Gasteiger partial charge in [0.2, 0.25) is 5.91 Å². The summed E-state index contributed by atoms with van der Waals surface area (Å²) in [6, 6.07) is 9.33. The van der Waals surface area contributed by atoms with E-state index >= 15 is 0 Å². The molecule has 3 amide bonds. The van der Waals surface area contributed by atoms with Gasteiger partial charge in [-0.3, -0.25) is 24.8 Å². The lowest BCUT2D eigenvalue weighted by Gasteiger charge is -2.34. The van der Waals surface area contributed by atoms with Gasteiger partial charge in [-0.05, 0) is 37.6 Å². The Morgan fingerprint density at radius 1 is 1.26 bits per heavy atom. The third kappa shape index (κ3) is 5.28. The van der Waals surface area contributed by atoms with Crippen molar-refractivity contribution in [2.75, 3.05) is 19.6 Å². The summed E-state index contributed by atoms with van der Waals surface area (Å²) in [5, 5.41) is 14.8. The van der Waals surface area contributed by atoms with Gasteiger partial charge in [-0.25, -0.2) is 9.78 Å². The maximum Gasteiger partial charge on any atom is 0.326 e. The SMILES string of the molecule is CC(C)Oc1cc([N+](=O)[O-])ccc1C1=N[C@@H](c2ccc(Cl)cc2)[C@@H](c2cnco2)N1C(=O)N1CCNC(=O)C1. The van der Waals surface area contributed by atoms with Crippen LogP contribution in [0.25, 0.3) is 0 Å². The number of aromatic nitrogens is 1. The fraction of sp³-hybridized carbons (Fsp3) is 0.308. The number of nitro groups is 1. The number of amidine groups is 1. The second kappa shape index (κ2) is 10.7. The number of oxazole rings is 1. The second-order valence-electron chi connectivity index (χ2n) is 9.33. The van der Waals surface area contributed by atoms with Gasteiger partial charge in [0.1, 0.15) is 36.0 Å². The van der Waals surface area contributed by atoms with Crippen LogP contribution in [0, 0.1) is 10.1 Å². The maximum absolute atomic E-state index is 14.1. The molecule has 1 N–H and O–H groups in total. The first-order chi connectivity index (χ1) is 18.7. The Hall–Kier alpha value is -4.45. The number of aliphatic imine (C=N–C) groups is 1. The Morgan fingerprint density at radius 2 is 2.03 bits per heavy atom. The van der Waals surface area contributed by atoms with Crippen molar-refractivity contribution in [3.05, 3.63) is 87.1 Å². The highest BCUT2D eigenvalue weighted by Gasteiger charge is 2.46. The van der Waals surface area contributed by atoms with Gasteiger partial charge in [0.15, 0.2) is 6.39 Å². The van der Waals surface area contributed by atoms with E-state index in [1.807, 2.05) is 0 Å². The Kier molecular flexibility index (Phi) is 7.20. The highest BCUT2D eigenvalue weighted by Crippen LogP contribution is 2.45. The van der Waals surface area contributed by atoms with Crippen molar-refractivity contribution in [3.8, 4) is 5.75 Å². The van der Waals surface area contributed by atoms with Gasteiger partial charge in [0, 0.05) is 24.2 Å². The zero-order valence-electron chi connectivity index (χ0n) is 21.1. The largest absolute Gasteiger partial charge is 0.490 e. The number of halogens is 1. The number of benzene rings is 2. The molecule has 3 aromatic rings. The van der Waals surface area contributed by atoms with Gasteiger partial charge in [0.05, 0.1) is 28.9 Å². The van der Waals surface area contributed by atoms with Crippen LogP contribution in [-0.2, 0) is 4.79 Å². The topological polar surface area (TPSA) is 143 Å². The number of amides is 3. The monoisotopic (exact) mass is 552 g/mol. The van der Waals surface area contributed by atoms with E-state index in [4.69, 9.17) is 25.7 Å². The average Bonchev–Trinajstić information content (AvgIpc) is 3.56. The van der Waals surface area contributed by atoms with E-state index in [0.717, 1.165) is 5.56 Å². The van der Waals surface area contributed by atoms with E-state index in [-0.39, 0.29) is 35.8 Å². The number of piperazine rings is 1. The van der Waals surface area contributed by atoms with Crippen LogP contribution >= 0.6 is 11.6 Å². The predicted octanol–water partition coefficient (Wildman–Crippen LogP) is 4.12. The number of nitro benzene ring substituents is 1. The molecular formula is C26H25ClN6O6. The Morgan fingerprint density at radius 3 is 2.67 bits per heavy atom. The number of urea groups is 1.